The van der Waals surface area contributed by atoms with Crippen LogP contribution in [0.2, 0.25) is 5.15 Å². The van der Waals surface area contributed by atoms with E-state index in [1.165, 1.54) is 7.11 Å². The molecule has 0 saturated carbocycles. The maximum absolute atomic E-state index is 12.3. The third kappa shape index (κ3) is 4.15. The number of rotatable bonds is 6. The summed E-state index contributed by atoms with van der Waals surface area (Å²) in [5.74, 6) is 0.335. The molecule has 0 amide bonds. The molecule has 0 fully saturated rings. The molecule has 10 heteroatoms. The second kappa shape index (κ2) is 9.23. The Kier molecular flexibility index (Phi) is 6.09. The molecule has 5 rings (SSSR count). The number of benzene rings is 1. The van der Waals surface area contributed by atoms with Crippen LogP contribution in [0.5, 0.6) is 0 Å². The number of carbonyl (C=O) groups excluding carboxylic acids is 1. The fourth-order valence-electron chi connectivity index (χ4n) is 4.42. The molecule has 36 heavy (non-hydrogen) atoms. The highest BCUT2D eigenvalue weighted by molar-refractivity contribution is 6.29. The van der Waals surface area contributed by atoms with E-state index in [9.17, 15) is 4.79 Å². The van der Waals surface area contributed by atoms with Gasteiger partial charge >= 0.3 is 5.97 Å². The summed E-state index contributed by atoms with van der Waals surface area (Å²) in [6, 6.07) is 9.32. The second-order valence-electron chi connectivity index (χ2n) is 8.71. The summed E-state index contributed by atoms with van der Waals surface area (Å²) in [6.07, 6.45) is 4.63. The molecular formula is C26H26ClN7O2. The second-order valence-corrected chi connectivity index (χ2v) is 9.10. The minimum atomic E-state index is -0.561. The van der Waals surface area contributed by atoms with Crippen LogP contribution in [0.15, 0.2) is 42.7 Å². The number of ether oxygens (including phenoxy) is 1. The highest BCUT2D eigenvalue weighted by Gasteiger charge is 2.21. The third-order valence-corrected chi connectivity index (χ3v) is 6.33. The van der Waals surface area contributed by atoms with Crippen LogP contribution in [0.25, 0.3) is 27.9 Å². The first-order valence-corrected chi connectivity index (χ1v) is 12.0. The standard InChI is InChI=1S/C26H26ClN7O2/c1-6-22-31-23-16(15(3)28-19-7-8-21(27)30-24(19)26(35)36-5)11-14(2)12-17(23)25-29-20(13-34(22)25)18-9-10-33(4)32-18/h7-13,15,28H,6H2,1-5H3. The van der Waals surface area contributed by atoms with E-state index in [0.29, 0.717) is 5.69 Å². The number of fused-ring (bicyclic) bond motifs is 3. The van der Waals surface area contributed by atoms with E-state index in [1.54, 1.807) is 16.8 Å². The Labute approximate surface area is 213 Å². The van der Waals surface area contributed by atoms with Gasteiger partial charge in [-0.15, -0.1) is 0 Å². The average molecular weight is 504 g/mol. The summed E-state index contributed by atoms with van der Waals surface area (Å²) in [7, 11) is 3.21. The van der Waals surface area contributed by atoms with Gasteiger partial charge in [-0.3, -0.25) is 9.08 Å². The van der Waals surface area contributed by atoms with Crippen molar-refractivity contribution < 1.29 is 9.53 Å². The maximum Gasteiger partial charge on any atom is 0.358 e. The number of pyridine rings is 1. The molecule has 0 aliphatic heterocycles. The van der Waals surface area contributed by atoms with Crippen LogP contribution in [0.3, 0.4) is 0 Å². The largest absolute Gasteiger partial charge is 0.464 e. The highest BCUT2D eigenvalue weighted by atomic mass is 35.5. The Morgan fingerprint density at radius 3 is 2.67 bits per heavy atom. The number of hydrogen-bond acceptors (Lipinski definition) is 7. The van der Waals surface area contributed by atoms with Crippen LogP contribution in [-0.2, 0) is 18.2 Å². The first-order chi connectivity index (χ1) is 17.3. The molecule has 0 spiro atoms. The van der Waals surface area contributed by atoms with Gasteiger partial charge in [-0.1, -0.05) is 24.6 Å². The van der Waals surface area contributed by atoms with Crippen LogP contribution in [0.1, 0.15) is 47.3 Å². The van der Waals surface area contributed by atoms with E-state index in [-0.39, 0.29) is 16.9 Å². The molecule has 1 atom stereocenters. The van der Waals surface area contributed by atoms with Gasteiger partial charge in [0, 0.05) is 36.8 Å². The number of hydrogen-bond donors (Lipinski definition) is 1. The molecule has 4 aromatic heterocycles. The summed E-state index contributed by atoms with van der Waals surface area (Å²) >= 11 is 6.04. The van der Waals surface area contributed by atoms with E-state index in [4.69, 9.17) is 26.3 Å². The lowest BCUT2D eigenvalue weighted by atomic mass is 10.0. The van der Waals surface area contributed by atoms with Gasteiger partial charge in [0.25, 0.3) is 0 Å². The SMILES string of the molecule is CCc1nc2c(C(C)Nc3ccc(Cl)nc3C(=O)OC)cc(C)cc2c2nc(-c3ccn(C)n3)cn12. The molecule has 9 nitrogen and oxygen atoms in total. The number of nitrogens with zero attached hydrogens (tertiary/aromatic N) is 6. The number of anilines is 1. The Bertz CT molecular complexity index is 1620. The molecule has 1 unspecified atom stereocenters. The molecule has 0 bridgehead atoms. The first-order valence-electron chi connectivity index (χ1n) is 11.6. The number of aryl methyl sites for hydroxylation is 3. The minimum absolute atomic E-state index is 0.131. The number of imidazole rings is 1. The van der Waals surface area contributed by atoms with Crippen LogP contribution >= 0.6 is 11.6 Å². The average Bonchev–Trinajstić information content (AvgIpc) is 3.50. The van der Waals surface area contributed by atoms with Crippen LogP contribution in [-0.4, -0.2) is 42.2 Å². The van der Waals surface area contributed by atoms with Crippen molar-refractivity contribution in [1.29, 1.82) is 0 Å². The zero-order chi connectivity index (χ0) is 25.6. The van der Waals surface area contributed by atoms with Gasteiger partial charge in [0.2, 0.25) is 0 Å². The summed E-state index contributed by atoms with van der Waals surface area (Å²) < 4.78 is 8.71. The normalized spacial score (nSPS) is 12.3. The van der Waals surface area contributed by atoms with Crippen molar-refractivity contribution >= 4 is 39.8 Å². The molecule has 0 saturated heterocycles. The summed E-state index contributed by atoms with van der Waals surface area (Å²) in [5, 5.41) is 9.08. The number of methoxy groups -OCH3 is 1. The molecular weight excluding hydrogens is 478 g/mol. The molecule has 0 aliphatic carbocycles. The molecule has 0 radical (unpaired) electrons. The van der Waals surface area contributed by atoms with Gasteiger partial charge in [0.1, 0.15) is 28.0 Å². The molecule has 5 aromatic rings. The molecule has 184 valence electrons. The summed E-state index contributed by atoms with van der Waals surface area (Å²) in [5.41, 5.74) is 6.01. The van der Waals surface area contributed by atoms with E-state index < -0.39 is 5.97 Å². The predicted molar refractivity (Wildman–Crippen MR) is 139 cm³/mol. The number of carbonyl (C=O) groups is 1. The van der Waals surface area contributed by atoms with Crippen molar-refractivity contribution in [2.45, 2.75) is 33.2 Å². The number of aromatic nitrogens is 6. The number of esters is 1. The highest BCUT2D eigenvalue weighted by Crippen LogP contribution is 2.32. The molecule has 1 N–H and O–H groups in total. The zero-order valence-electron chi connectivity index (χ0n) is 20.7. The predicted octanol–water partition coefficient (Wildman–Crippen LogP) is 5.16. The third-order valence-electron chi connectivity index (χ3n) is 6.12. The van der Waals surface area contributed by atoms with Crippen molar-refractivity contribution in [3.05, 3.63) is 70.5 Å². The molecule has 0 aliphatic rings. The lowest BCUT2D eigenvalue weighted by Crippen LogP contribution is -2.14. The lowest BCUT2D eigenvalue weighted by Gasteiger charge is -2.20. The van der Waals surface area contributed by atoms with E-state index in [0.717, 1.165) is 51.3 Å². The maximum atomic E-state index is 12.3. The zero-order valence-corrected chi connectivity index (χ0v) is 21.5. The van der Waals surface area contributed by atoms with E-state index >= 15 is 0 Å². The summed E-state index contributed by atoms with van der Waals surface area (Å²) in [6.45, 7) is 6.14. The van der Waals surface area contributed by atoms with Crippen molar-refractivity contribution in [1.82, 2.24) is 29.1 Å². The Morgan fingerprint density at radius 1 is 1.17 bits per heavy atom. The molecule has 4 heterocycles. The quantitative estimate of drug-likeness (QED) is 0.252. The number of nitrogens with one attached hydrogen (secondary N) is 1. The van der Waals surface area contributed by atoms with Crippen LogP contribution in [0, 0.1) is 6.92 Å². The van der Waals surface area contributed by atoms with Crippen molar-refractivity contribution in [2.75, 3.05) is 12.4 Å². The van der Waals surface area contributed by atoms with Gasteiger partial charge < -0.3 is 10.1 Å². The van der Waals surface area contributed by atoms with E-state index in [2.05, 4.69) is 34.5 Å². The van der Waals surface area contributed by atoms with Gasteiger partial charge in [-0.25, -0.2) is 19.7 Å². The van der Waals surface area contributed by atoms with Gasteiger partial charge in [-0.05, 0) is 43.7 Å². The van der Waals surface area contributed by atoms with Crippen molar-refractivity contribution in [2.24, 2.45) is 7.05 Å². The van der Waals surface area contributed by atoms with Gasteiger partial charge in [-0.2, -0.15) is 5.10 Å². The number of halogens is 1. The van der Waals surface area contributed by atoms with Crippen LogP contribution in [0.4, 0.5) is 5.69 Å². The fraction of sp³-hybridized carbons (Fsp3) is 0.269. The Balaban J connectivity index is 1.66. The Hall–Kier alpha value is -3.98. The minimum Gasteiger partial charge on any atom is -0.464 e. The van der Waals surface area contributed by atoms with Crippen LogP contribution < -0.4 is 5.32 Å². The van der Waals surface area contributed by atoms with Crippen molar-refractivity contribution in [3.8, 4) is 11.4 Å². The van der Waals surface area contributed by atoms with Crippen molar-refractivity contribution in [3.63, 3.8) is 0 Å². The van der Waals surface area contributed by atoms with Gasteiger partial charge in [0.05, 0.1) is 24.4 Å². The first kappa shape index (κ1) is 23.7. The smallest absolute Gasteiger partial charge is 0.358 e. The van der Waals surface area contributed by atoms with Gasteiger partial charge in [0.15, 0.2) is 5.69 Å². The monoisotopic (exact) mass is 503 g/mol. The molecule has 1 aromatic carbocycles. The topological polar surface area (TPSA) is 99.2 Å². The summed E-state index contributed by atoms with van der Waals surface area (Å²) in [4.78, 5) is 26.5. The Morgan fingerprint density at radius 2 is 1.97 bits per heavy atom. The fourth-order valence-corrected chi connectivity index (χ4v) is 4.57. The van der Waals surface area contributed by atoms with E-state index in [1.807, 2.05) is 43.8 Å². The lowest BCUT2D eigenvalue weighted by molar-refractivity contribution is 0.0595.